The number of aliphatic hydroxyl groups is 3. The van der Waals surface area contributed by atoms with Gasteiger partial charge in [-0.15, -0.1) is 6.58 Å². The van der Waals surface area contributed by atoms with Crippen molar-refractivity contribution in [2.45, 2.75) is 56.3 Å². The fraction of sp³-hybridized carbons (Fsp3) is 0.857. The Labute approximate surface area is 125 Å². The van der Waals surface area contributed by atoms with Crippen LogP contribution in [0.4, 0.5) is 0 Å². The normalized spacial score (nSPS) is 39.8. The minimum absolute atomic E-state index is 0.242. The van der Waals surface area contributed by atoms with Crippen LogP contribution >= 0.6 is 0 Å². The zero-order valence-electron chi connectivity index (χ0n) is 13.0. The van der Waals surface area contributed by atoms with Crippen molar-refractivity contribution < 1.29 is 34.3 Å². The monoisotopic (exact) mass is 306 g/mol. The van der Waals surface area contributed by atoms with Crippen LogP contribution in [0.5, 0.6) is 0 Å². The molecule has 0 saturated carbocycles. The molecule has 1 rings (SSSR count). The molecule has 0 radical (unpaired) electrons. The summed E-state index contributed by atoms with van der Waals surface area (Å²) < 4.78 is 22.3. The Hall–Kier alpha value is -0.540. The molecule has 21 heavy (non-hydrogen) atoms. The lowest BCUT2D eigenvalue weighted by atomic mass is 9.95. The first kappa shape index (κ1) is 18.5. The highest BCUT2D eigenvalue weighted by molar-refractivity contribution is 4.97. The average Bonchev–Trinajstić information content (AvgIpc) is 2.48. The fourth-order valence-electron chi connectivity index (χ4n) is 2.34. The van der Waals surface area contributed by atoms with E-state index in [4.69, 9.17) is 18.9 Å². The van der Waals surface area contributed by atoms with Gasteiger partial charge < -0.3 is 34.3 Å². The van der Waals surface area contributed by atoms with Gasteiger partial charge in [0.25, 0.3) is 0 Å². The summed E-state index contributed by atoms with van der Waals surface area (Å²) in [7, 11) is 2.85. The highest BCUT2D eigenvalue weighted by Gasteiger charge is 2.58. The van der Waals surface area contributed by atoms with Crippen molar-refractivity contribution >= 4 is 0 Å². The standard InChI is InChI=1S/C14H26O7/c1-6-7-9(16)11-12(10(17)8-15)21-14(3,19-5)13(2,18-4)20-11/h6,9-12,15-17H,1,7-8H2,2-5H3/t9-,10-,11-,12-,13+,14+/m0/s1. The van der Waals surface area contributed by atoms with Gasteiger partial charge in [0.15, 0.2) is 0 Å². The third-order valence-electron chi connectivity index (χ3n) is 4.00. The zero-order valence-corrected chi connectivity index (χ0v) is 13.0. The molecule has 0 aliphatic carbocycles. The third-order valence-corrected chi connectivity index (χ3v) is 4.00. The SMILES string of the molecule is C=CC[C@H](O)[C@@H]1O[C@@](C)(OC)[C@](C)(OC)O[C@H]1[C@@H](O)CO. The van der Waals surface area contributed by atoms with Gasteiger partial charge in [0.1, 0.15) is 18.3 Å². The van der Waals surface area contributed by atoms with Crippen LogP contribution in [0.15, 0.2) is 12.7 Å². The summed E-state index contributed by atoms with van der Waals surface area (Å²) in [4.78, 5) is 0. The summed E-state index contributed by atoms with van der Waals surface area (Å²) in [6.07, 6.45) is -2.30. The maximum Gasteiger partial charge on any atom is 0.220 e. The summed E-state index contributed by atoms with van der Waals surface area (Å²) in [6.45, 7) is 6.25. The van der Waals surface area contributed by atoms with Crippen molar-refractivity contribution in [1.29, 1.82) is 0 Å². The van der Waals surface area contributed by atoms with Crippen LogP contribution in [0.3, 0.4) is 0 Å². The van der Waals surface area contributed by atoms with E-state index in [0.29, 0.717) is 0 Å². The highest BCUT2D eigenvalue weighted by Crippen LogP contribution is 2.41. The second kappa shape index (κ2) is 7.15. The van der Waals surface area contributed by atoms with Crippen molar-refractivity contribution in [1.82, 2.24) is 0 Å². The number of methoxy groups -OCH3 is 2. The Bertz CT molecular complexity index is 350. The molecule has 0 spiro atoms. The minimum Gasteiger partial charge on any atom is -0.394 e. The van der Waals surface area contributed by atoms with Crippen molar-refractivity contribution in [3.05, 3.63) is 12.7 Å². The summed E-state index contributed by atoms with van der Waals surface area (Å²) >= 11 is 0. The lowest BCUT2D eigenvalue weighted by Gasteiger charge is -2.53. The van der Waals surface area contributed by atoms with Gasteiger partial charge in [-0.2, -0.15) is 0 Å². The molecule has 6 atom stereocenters. The summed E-state index contributed by atoms with van der Waals surface area (Å²) in [6, 6.07) is 0. The van der Waals surface area contributed by atoms with Gasteiger partial charge >= 0.3 is 0 Å². The van der Waals surface area contributed by atoms with E-state index in [1.165, 1.54) is 20.3 Å². The Morgan fingerprint density at radius 3 is 1.86 bits per heavy atom. The van der Waals surface area contributed by atoms with E-state index in [-0.39, 0.29) is 6.42 Å². The first-order chi connectivity index (χ1) is 9.78. The quantitative estimate of drug-likeness (QED) is 0.560. The fourth-order valence-corrected chi connectivity index (χ4v) is 2.34. The van der Waals surface area contributed by atoms with Crippen molar-refractivity contribution in [2.75, 3.05) is 20.8 Å². The number of aliphatic hydroxyl groups excluding tert-OH is 3. The Kier molecular flexibility index (Phi) is 6.30. The van der Waals surface area contributed by atoms with Gasteiger partial charge in [0.2, 0.25) is 11.6 Å². The van der Waals surface area contributed by atoms with E-state index in [2.05, 4.69) is 6.58 Å². The van der Waals surface area contributed by atoms with Crippen molar-refractivity contribution in [2.24, 2.45) is 0 Å². The lowest BCUT2D eigenvalue weighted by Crippen LogP contribution is -2.69. The molecule has 3 N–H and O–H groups in total. The Balaban J connectivity index is 3.13. The molecule has 1 aliphatic heterocycles. The molecule has 0 bridgehead atoms. The summed E-state index contributed by atoms with van der Waals surface area (Å²) in [5.74, 6) is -2.60. The maximum absolute atomic E-state index is 10.2. The van der Waals surface area contributed by atoms with E-state index < -0.39 is 42.6 Å². The van der Waals surface area contributed by atoms with Gasteiger partial charge in [0, 0.05) is 14.2 Å². The van der Waals surface area contributed by atoms with Crippen LogP contribution in [-0.2, 0) is 18.9 Å². The summed E-state index contributed by atoms with van der Waals surface area (Å²) in [5, 5.41) is 29.3. The zero-order chi connectivity index (χ0) is 16.3. The molecule has 124 valence electrons. The number of rotatable bonds is 7. The molecule has 0 aromatic carbocycles. The maximum atomic E-state index is 10.2. The van der Waals surface area contributed by atoms with Crippen molar-refractivity contribution in [3.63, 3.8) is 0 Å². The van der Waals surface area contributed by atoms with Crippen LogP contribution in [-0.4, -0.2) is 72.1 Å². The van der Waals surface area contributed by atoms with Gasteiger partial charge in [0.05, 0.1) is 12.7 Å². The lowest BCUT2D eigenvalue weighted by molar-refractivity contribution is -0.460. The first-order valence-corrected chi connectivity index (χ1v) is 6.82. The molecule has 1 aliphatic rings. The second-order valence-electron chi connectivity index (χ2n) is 5.31. The topological polar surface area (TPSA) is 97.6 Å². The highest BCUT2D eigenvalue weighted by atomic mass is 16.8. The molecule has 0 aromatic rings. The molecule has 7 heteroatoms. The molecular formula is C14H26O7. The molecule has 0 aromatic heterocycles. The van der Waals surface area contributed by atoms with Gasteiger partial charge in [-0.1, -0.05) is 6.08 Å². The summed E-state index contributed by atoms with van der Waals surface area (Å²) in [5.41, 5.74) is 0. The van der Waals surface area contributed by atoms with E-state index in [1.54, 1.807) is 13.8 Å². The van der Waals surface area contributed by atoms with Crippen LogP contribution in [0.25, 0.3) is 0 Å². The number of ether oxygens (including phenoxy) is 4. The van der Waals surface area contributed by atoms with E-state index >= 15 is 0 Å². The predicted octanol–water partition coefficient (Wildman–Crippen LogP) is -0.214. The van der Waals surface area contributed by atoms with Gasteiger partial charge in [-0.25, -0.2) is 0 Å². The van der Waals surface area contributed by atoms with Crippen LogP contribution < -0.4 is 0 Å². The largest absolute Gasteiger partial charge is 0.394 e. The smallest absolute Gasteiger partial charge is 0.220 e. The van der Waals surface area contributed by atoms with Crippen LogP contribution in [0, 0.1) is 0 Å². The predicted molar refractivity (Wildman–Crippen MR) is 74.5 cm³/mol. The van der Waals surface area contributed by atoms with Crippen LogP contribution in [0.2, 0.25) is 0 Å². The van der Waals surface area contributed by atoms with E-state index in [1.807, 2.05) is 0 Å². The van der Waals surface area contributed by atoms with Gasteiger partial charge in [-0.3, -0.25) is 0 Å². The Morgan fingerprint density at radius 1 is 1.10 bits per heavy atom. The van der Waals surface area contributed by atoms with Crippen molar-refractivity contribution in [3.8, 4) is 0 Å². The molecule has 1 saturated heterocycles. The molecule has 0 amide bonds. The van der Waals surface area contributed by atoms with E-state index in [9.17, 15) is 15.3 Å². The van der Waals surface area contributed by atoms with E-state index in [0.717, 1.165) is 0 Å². The first-order valence-electron chi connectivity index (χ1n) is 6.82. The average molecular weight is 306 g/mol. The van der Waals surface area contributed by atoms with Crippen LogP contribution in [0.1, 0.15) is 20.3 Å². The molecular weight excluding hydrogens is 280 g/mol. The number of hydrogen-bond donors (Lipinski definition) is 3. The second-order valence-corrected chi connectivity index (χ2v) is 5.31. The van der Waals surface area contributed by atoms with Gasteiger partial charge in [-0.05, 0) is 20.3 Å². The number of hydrogen-bond acceptors (Lipinski definition) is 7. The molecule has 1 heterocycles. The third kappa shape index (κ3) is 3.45. The molecule has 1 fully saturated rings. The Morgan fingerprint density at radius 2 is 1.52 bits per heavy atom. The molecule has 0 unspecified atom stereocenters. The molecule has 7 nitrogen and oxygen atoms in total. The minimum atomic E-state index is -1.31.